The molecule has 2 unspecified atom stereocenters. The number of hydrogen-bond donors (Lipinski definition) is 0. The largest absolute Gasteiger partial charge is 0.494 e. The zero-order chi connectivity index (χ0) is 14.1. The van der Waals surface area contributed by atoms with Crippen LogP contribution in [0.15, 0.2) is 24.3 Å². The molecule has 0 radical (unpaired) electrons. The summed E-state index contributed by atoms with van der Waals surface area (Å²) in [5.41, 5.74) is -0.569. The maximum absolute atomic E-state index is 11.7. The summed E-state index contributed by atoms with van der Waals surface area (Å²) >= 11 is 0. The highest BCUT2D eigenvalue weighted by Crippen LogP contribution is 2.56. The molecule has 0 spiro atoms. The van der Waals surface area contributed by atoms with Gasteiger partial charge in [0.2, 0.25) is 0 Å². The second-order valence-electron chi connectivity index (χ2n) is 5.03. The van der Waals surface area contributed by atoms with Crippen LogP contribution in [0.3, 0.4) is 0 Å². The fraction of sp³-hybridized carbons (Fsp3) is 0.533. The van der Waals surface area contributed by atoms with Gasteiger partial charge in [0.25, 0.3) is 0 Å². The van der Waals surface area contributed by atoms with Gasteiger partial charge < -0.3 is 14.2 Å². The third-order valence-electron chi connectivity index (χ3n) is 3.73. The van der Waals surface area contributed by atoms with Crippen LogP contribution < -0.4 is 4.74 Å². The number of epoxide rings is 1. The molecule has 4 heteroatoms. The SMILES string of the molecule is CCCOc1ccc(C2(C)OC2(C)C(=O)OC)cc1. The molecule has 1 saturated heterocycles. The molecule has 0 bridgehead atoms. The number of esters is 1. The van der Waals surface area contributed by atoms with Crippen molar-refractivity contribution < 1.29 is 19.0 Å². The van der Waals surface area contributed by atoms with E-state index in [9.17, 15) is 4.79 Å². The van der Waals surface area contributed by atoms with Gasteiger partial charge >= 0.3 is 5.97 Å². The number of rotatable bonds is 5. The fourth-order valence-electron chi connectivity index (χ4n) is 2.24. The third-order valence-corrected chi connectivity index (χ3v) is 3.73. The molecule has 0 amide bonds. The van der Waals surface area contributed by atoms with Crippen LogP contribution in [0.25, 0.3) is 0 Å². The Kier molecular flexibility index (Phi) is 3.54. The molecular weight excluding hydrogens is 244 g/mol. The standard InChI is InChI=1S/C15H20O4/c1-5-10-18-12-8-6-11(7-9-12)14(2)15(3,19-14)13(16)17-4/h6-9H,5,10H2,1-4H3. The van der Waals surface area contributed by atoms with Crippen molar-refractivity contribution >= 4 is 5.97 Å². The summed E-state index contributed by atoms with van der Waals surface area (Å²) < 4.78 is 16.0. The highest BCUT2D eigenvalue weighted by Gasteiger charge is 2.70. The van der Waals surface area contributed by atoms with Crippen molar-refractivity contribution in [2.75, 3.05) is 13.7 Å². The molecule has 1 heterocycles. The first kappa shape index (κ1) is 13.9. The molecule has 1 aliphatic heterocycles. The lowest BCUT2D eigenvalue weighted by molar-refractivity contribution is -0.146. The average molecular weight is 264 g/mol. The van der Waals surface area contributed by atoms with Crippen LogP contribution in [-0.4, -0.2) is 25.3 Å². The lowest BCUT2D eigenvalue weighted by atomic mass is 9.89. The van der Waals surface area contributed by atoms with Crippen LogP contribution in [0.5, 0.6) is 5.75 Å². The highest BCUT2D eigenvalue weighted by atomic mass is 16.7. The first-order chi connectivity index (χ1) is 8.98. The summed E-state index contributed by atoms with van der Waals surface area (Å²) in [5, 5.41) is 0. The molecule has 2 rings (SSSR count). The maximum Gasteiger partial charge on any atom is 0.341 e. The molecule has 1 fully saturated rings. The van der Waals surface area contributed by atoms with Gasteiger partial charge in [0.1, 0.15) is 11.4 Å². The lowest BCUT2D eigenvalue weighted by Crippen LogP contribution is -2.29. The van der Waals surface area contributed by atoms with Gasteiger partial charge in [-0.3, -0.25) is 0 Å². The van der Waals surface area contributed by atoms with E-state index in [-0.39, 0.29) is 5.97 Å². The van der Waals surface area contributed by atoms with Crippen LogP contribution >= 0.6 is 0 Å². The van der Waals surface area contributed by atoms with Crippen LogP contribution in [0.1, 0.15) is 32.8 Å². The molecule has 0 saturated carbocycles. The summed E-state index contributed by atoms with van der Waals surface area (Å²) in [6, 6.07) is 7.66. The first-order valence-electron chi connectivity index (χ1n) is 6.50. The zero-order valence-corrected chi connectivity index (χ0v) is 11.9. The second-order valence-corrected chi connectivity index (χ2v) is 5.03. The normalized spacial score (nSPS) is 28.8. The van der Waals surface area contributed by atoms with Gasteiger partial charge in [-0.05, 0) is 38.0 Å². The van der Waals surface area contributed by atoms with Crippen LogP contribution in [-0.2, 0) is 19.9 Å². The molecule has 1 aromatic carbocycles. The molecule has 4 nitrogen and oxygen atoms in total. The number of carbonyl (C=O) groups excluding carboxylic acids is 1. The van der Waals surface area contributed by atoms with Gasteiger partial charge in [0.05, 0.1) is 13.7 Å². The predicted molar refractivity (Wildman–Crippen MR) is 71.1 cm³/mol. The summed E-state index contributed by atoms with van der Waals surface area (Å²) in [5.74, 6) is 0.482. The molecule has 104 valence electrons. The first-order valence-corrected chi connectivity index (χ1v) is 6.50. The van der Waals surface area contributed by atoms with E-state index in [0.29, 0.717) is 6.61 Å². The predicted octanol–water partition coefficient (Wildman–Crippen LogP) is 2.65. The Morgan fingerprint density at radius 3 is 2.42 bits per heavy atom. The van der Waals surface area contributed by atoms with E-state index in [1.165, 1.54) is 7.11 Å². The third kappa shape index (κ3) is 2.21. The lowest BCUT2D eigenvalue weighted by Gasteiger charge is -2.12. The highest BCUT2D eigenvalue weighted by molar-refractivity contribution is 5.84. The van der Waals surface area contributed by atoms with Crippen molar-refractivity contribution in [2.45, 2.75) is 38.4 Å². The van der Waals surface area contributed by atoms with E-state index in [4.69, 9.17) is 14.2 Å². The number of carbonyl (C=O) groups is 1. The number of benzene rings is 1. The Bertz CT molecular complexity index is 468. The van der Waals surface area contributed by atoms with E-state index in [0.717, 1.165) is 17.7 Å². The van der Waals surface area contributed by atoms with Crippen LogP contribution in [0.4, 0.5) is 0 Å². The van der Waals surface area contributed by atoms with Gasteiger partial charge in [-0.25, -0.2) is 4.79 Å². The molecule has 1 aliphatic rings. The summed E-state index contributed by atoms with van der Waals surface area (Å²) in [7, 11) is 1.37. The Hall–Kier alpha value is -1.55. The van der Waals surface area contributed by atoms with Gasteiger partial charge in [-0.2, -0.15) is 0 Å². The maximum atomic E-state index is 11.7. The Morgan fingerprint density at radius 2 is 1.89 bits per heavy atom. The average Bonchev–Trinajstić information content (AvgIpc) is 3.01. The zero-order valence-electron chi connectivity index (χ0n) is 11.9. The summed E-state index contributed by atoms with van der Waals surface area (Å²) in [4.78, 5) is 11.7. The van der Waals surface area contributed by atoms with Crippen molar-refractivity contribution in [2.24, 2.45) is 0 Å². The van der Waals surface area contributed by atoms with Crippen molar-refractivity contribution in [3.05, 3.63) is 29.8 Å². The Balaban J connectivity index is 2.13. The van der Waals surface area contributed by atoms with Gasteiger partial charge in [0.15, 0.2) is 5.60 Å². The minimum Gasteiger partial charge on any atom is -0.494 e. The quantitative estimate of drug-likeness (QED) is 0.606. The molecular formula is C15H20O4. The van der Waals surface area contributed by atoms with E-state index >= 15 is 0 Å². The molecule has 0 aliphatic carbocycles. The van der Waals surface area contributed by atoms with Gasteiger partial charge in [-0.1, -0.05) is 19.1 Å². The number of ether oxygens (including phenoxy) is 3. The van der Waals surface area contributed by atoms with Gasteiger partial charge in [0, 0.05) is 0 Å². The molecule has 19 heavy (non-hydrogen) atoms. The van der Waals surface area contributed by atoms with Crippen LogP contribution in [0.2, 0.25) is 0 Å². The summed E-state index contributed by atoms with van der Waals surface area (Å²) in [6.07, 6.45) is 0.975. The molecule has 0 N–H and O–H groups in total. The van der Waals surface area contributed by atoms with Crippen molar-refractivity contribution in [1.82, 2.24) is 0 Å². The fourth-order valence-corrected chi connectivity index (χ4v) is 2.24. The number of hydrogen-bond acceptors (Lipinski definition) is 4. The van der Waals surface area contributed by atoms with E-state index in [1.54, 1.807) is 6.92 Å². The Labute approximate surface area is 113 Å². The Morgan fingerprint density at radius 1 is 1.26 bits per heavy atom. The van der Waals surface area contributed by atoms with Crippen molar-refractivity contribution in [3.63, 3.8) is 0 Å². The minimum atomic E-state index is -0.895. The van der Waals surface area contributed by atoms with E-state index < -0.39 is 11.2 Å². The topological polar surface area (TPSA) is 48.1 Å². The van der Waals surface area contributed by atoms with Crippen molar-refractivity contribution in [3.8, 4) is 5.75 Å². The second kappa shape index (κ2) is 4.85. The van der Waals surface area contributed by atoms with Crippen molar-refractivity contribution in [1.29, 1.82) is 0 Å². The molecule has 0 aromatic heterocycles. The van der Waals surface area contributed by atoms with E-state index in [2.05, 4.69) is 6.92 Å². The van der Waals surface area contributed by atoms with Gasteiger partial charge in [-0.15, -0.1) is 0 Å². The van der Waals surface area contributed by atoms with Crippen LogP contribution in [0, 0.1) is 0 Å². The molecule has 1 aromatic rings. The summed E-state index contributed by atoms with van der Waals surface area (Å²) in [6.45, 7) is 6.41. The molecule has 2 atom stereocenters. The smallest absolute Gasteiger partial charge is 0.341 e. The van der Waals surface area contributed by atoms with E-state index in [1.807, 2.05) is 31.2 Å². The monoisotopic (exact) mass is 264 g/mol. The minimum absolute atomic E-state index is 0.346. The number of methoxy groups -OCH3 is 1.